The number of nitrogens with zero attached hydrogens (tertiary/aromatic N) is 2. The summed E-state index contributed by atoms with van der Waals surface area (Å²) in [6.07, 6.45) is 11.5. The van der Waals surface area contributed by atoms with Crippen LogP contribution in [0.15, 0.2) is 15.8 Å². The highest BCUT2D eigenvalue weighted by molar-refractivity contribution is 4.90. The van der Waals surface area contributed by atoms with E-state index in [-0.39, 0.29) is 5.69 Å². The van der Waals surface area contributed by atoms with Crippen molar-refractivity contribution in [1.29, 1.82) is 0 Å². The first-order chi connectivity index (χ1) is 11.1. The van der Waals surface area contributed by atoms with Crippen LogP contribution < -0.4 is 11.2 Å². The SMILES string of the molecule is CCCCCCCn1cc(F)c(=O)n(CCCCCCC)c1=O. The molecular weight excluding hydrogens is 295 g/mol. The monoisotopic (exact) mass is 326 g/mol. The highest BCUT2D eigenvalue weighted by Gasteiger charge is 2.10. The van der Waals surface area contributed by atoms with Crippen molar-refractivity contribution in [1.82, 2.24) is 9.13 Å². The van der Waals surface area contributed by atoms with Crippen LogP contribution in [0.25, 0.3) is 0 Å². The molecule has 0 saturated heterocycles. The van der Waals surface area contributed by atoms with Gasteiger partial charge in [0.15, 0.2) is 0 Å². The van der Waals surface area contributed by atoms with E-state index in [2.05, 4.69) is 13.8 Å². The largest absolute Gasteiger partial charge is 0.331 e. The number of unbranched alkanes of at least 4 members (excludes halogenated alkanes) is 8. The van der Waals surface area contributed by atoms with Crippen LogP contribution >= 0.6 is 0 Å². The maximum atomic E-state index is 13.8. The van der Waals surface area contributed by atoms with Crippen LogP contribution in [0, 0.1) is 5.82 Å². The third-order valence-corrected chi connectivity index (χ3v) is 4.18. The summed E-state index contributed by atoms with van der Waals surface area (Å²) in [5.41, 5.74) is -1.16. The lowest BCUT2D eigenvalue weighted by Gasteiger charge is -2.10. The van der Waals surface area contributed by atoms with E-state index < -0.39 is 11.4 Å². The molecule has 0 N–H and O–H groups in total. The van der Waals surface area contributed by atoms with Crippen LogP contribution in [0.1, 0.15) is 78.1 Å². The molecule has 1 heterocycles. The van der Waals surface area contributed by atoms with Crippen molar-refractivity contribution < 1.29 is 4.39 Å². The van der Waals surface area contributed by atoms with E-state index in [1.54, 1.807) is 0 Å². The first-order valence-electron chi connectivity index (χ1n) is 9.11. The van der Waals surface area contributed by atoms with Gasteiger partial charge < -0.3 is 0 Å². The standard InChI is InChI=1S/C18H31FN2O2/c1-3-5-7-9-11-13-20-15-16(19)17(22)21(18(20)23)14-12-10-8-6-4-2/h15H,3-14H2,1-2H3. The molecule has 0 aliphatic heterocycles. The van der Waals surface area contributed by atoms with Crippen LogP contribution in [-0.4, -0.2) is 9.13 Å². The molecule has 5 heteroatoms. The third-order valence-electron chi connectivity index (χ3n) is 4.18. The molecule has 0 atom stereocenters. The predicted octanol–water partition coefficient (Wildman–Crippen LogP) is 4.09. The Morgan fingerprint density at radius 3 is 1.91 bits per heavy atom. The van der Waals surface area contributed by atoms with E-state index in [0.717, 1.165) is 68.6 Å². The first kappa shape index (κ1) is 19.7. The third kappa shape index (κ3) is 6.71. The van der Waals surface area contributed by atoms with Gasteiger partial charge in [0.2, 0.25) is 5.82 Å². The molecule has 0 spiro atoms. The Hall–Kier alpha value is -1.39. The first-order valence-corrected chi connectivity index (χ1v) is 9.11. The summed E-state index contributed by atoms with van der Waals surface area (Å²) in [7, 11) is 0. The highest BCUT2D eigenvalue weighted by atomic mass is 19.1. The molecule has 0 aromatic carbocycles. The van der Waals surface area contributed by atoms with Gasteiger partial charge in [0.05, 0.1) is 6.20 Å². The zero-order chi connectivity index (χ0) is 17.1. The Bertz CT molecular complexity index is 563. The van der Waals surface area contributed by atoms with E-state index in [1.807, 2.05) is 0 Å². The molecule has 1 rings (SSSR count). The molecule has 4 nitrogen and oxygen atoms in total. The second-order valence-electron chi connectivity index (χ2n) is 6.24. The zero-order valence-electron chi connectivity index (χ0n) is 14.7. The van der Waals surface area contributed by atoms with Gasteiger partial charge in [-0.15, -0.1) is 0 Å². The highest BCUT2D eigenvalue weighted by Crippen LogP contribution is 2.04. The van der Waals surface area contributed by atoms with Crippen molar-refractivity contribution in [3.8, 4) is 0 Å². The maximum Gasteiger partial charge on any atom is 0.331 e. The molecule has 0 amide bonds. The molecule has 0 saturated carbocycles. The second kappa shape index (κ2) is 11.2. The van der Waals surface area contributed by atoms with Crippen LogP contribution in [0.2, 0.25) is 0 Å². The summed E-state index contributed by atoms with van der Waals surface area (Å²) >= 11 is 0. The van der Waals surface area contributed by atoms with Crippen LogP contribution in [0.3, 0.4) is 0 Å². The van der Waals surface area contributed by atoms with Gasteiger partial charge in [-0.05, 0) is 12.8 Å². The Kier molecular flexibility index (Phi) is 9.57. The molecule has 0 aliphatic carbocycles. The molecule has 0 unspecified atom stereocenters. The van der Waals surface area contributed by atoms with E-state index >= 15 is 0 Å². The van der Waals surface area contributed by atoms with E-state index in [1.165, 1.54) is 11.0 Å². The number of hydrogen-bond acceptors (Lipinski definition) is 2. The second-order valence-corrected chi connectivity index (χ2v) is 6.24. The summed E-state index contributed by atoms with van der Waals surface area (Å²) < 4.78 is 16.2. The maximum absolute atomic E-state index is 13.8. The molecule has 0 fully saturated rings. The summed E-state index contributed by atoms with van der Waals surface area (Å²) in [4.78, 5) is 24.2. The van der Waals surface area contributed by atoms with Crippen molar-refractivity contribution in [3.05, 3.63) is 32.9 Å². The smallest absolute Gasteiger partial charge is 0.297 e. The van der Waals surface area contributed by atoms with Gasteiger partial charge in [0, 0.05) is 13.1 Å². The number of aryl methyl sites for hydroxylation is 1. The Morgan fingerprint density at radius 2 is 1.35 bits per heavy atom. The number of rotatable bonds is 12. The van der Waals surface area contributed by atoms with Gasteiger partial charge in [-0.25, -0.2) is 4.79 Å². The van der Waals surface area contributed by atoms with Crippen molar-refractivity contribution in [3.63, 3.8) is 0 Å². The Balaban J connectivity index is 2.66. The molecule has 0 bridgehead atoms. The van der Waals surface area contributed by atoms with Crippen molar-refractivity contribution in [2.45, 2.75) is 91.1 Å². The fraction of sp³-hybridized carbons (Fsp3) is 0.778. The minimum atomic E-state index is -0.827. The van der Waals surface area contributed by atoms with Crippen LogP contribution in [0.5, 0.6) is 0 Å². The van der Waals surface area contributed by atoms with Crippen LogP contribution in [-0.2, 0) is 13.1 Å². The lowest BCUT2D eigenvalue weighted by Crippen LogP contribution is -2.41. The number of aromatic nitrogens is 2. The number of hydrogen-bond donors (Lipinski definition) is 0. The van der Waals surface area contributed by atoms with Gasteiger partial charge in [-0.1, -0.05) is 65.2 Å². The van der Waals surface area contributed by atoms with E-state index in [4.69, 9.17) is 0 Å². The van der Waals surface area contributed by atoms with Gasteiger partial charge >= 0.3 is 5.69 Å². The lowest BCUT2D eigenvalue weighted by molar-refractivity contribution is 0.457. The quantitative estimate of drug-likeness (QED) is 0.543. The Labute approximate surface area is 138 Å². The lowest BCUT2D eigenvalue weighted by atomic mass is 10.1. The average molecular weight is 326 g/mol. The molecule has 132 valence electrons. The normalized spacial score (nSPS) is 11.1. The van der Waals surface area contributed by atoms with Crippen molar-refractivity contribution in [2.75, 3.05) is 0 Å². The average Bonchev–Trinajstić information content (AvgIpc) is 2.54. The molecule has 23 heavy (non-hydrogen) atoms. The summed E-state index contributed by atoms with van der Waals surface area (Å²) in [6.45, 7) is 5.08. The van der Waals surface area contributed by atoms with Gasteiger partial charge in [0.25, 0.3) is 5.56 Å². The van der Waals surface area contributed by atoms with Gasteiger partial charge in [0.1, 0.15) is 0 Å². The molecule has 1 aromatic heterocycles. The zero-order valence-corrected chi connectivity index (χ0v) is 14.7. The fourth-order valence-corrected chi connectivity index (χ4v) is 2.73. The topological polar surface area (TPSA) is 44.0 Å². The summed E-state index contributed by atoms with van der Waals surface area (Å²) in [5, 5.41) is 0. The van der Waals surface area contributed by atoms with E-state index in [0.29, 0.717) is 13.1 Å². The minimum absolute atomic E-state index is 0.314. The number of halogens is 1. The fourth-order valence-electron chi connectivity index (χ4n) is 2.73. The summed E-state index contributed by atoms with van der Waals surface area (Å²) in [6, 6.07) is 0. The van der Waals surface area contributed by atoms with Crippen molar-refractivity contribution in [2.24, 2.45) is 0 Å². The minimum Gasteiger partial charge on any atom is -0.297 e. The van der Waals surface area contributed by atoms with Gasteiger partial charge in [-0.2, -0.15) is 4.39 Å². The molecule has 1 aromatic rings. The molecule has 0 aliphatic rings. The summed E-state index contributed by atoms with van der Waals surface area (Å²) in [5.74, 6) is -0.827. The van der Waals surface area contributed by atoms with Crippen molar-refractivity contribution >= 4 is 0 Å². The molecule has 0 radical (unpaired) electrons. The predicted molar refractivity (Wildman–Crippen MR) is 92.4 cm³/mol. The van der Waals surface area contributed by atoms with Gasteiger partial charge in [-0.3, -0.25) is 13.9 Å². The van der Waals surface area contributed by atoms with E-state index in [9.17, 15) is 14.0 Å². The van der Waals surface area contributed by atoms with Crippen LogP contribution in [0.4, 0.5) is 4.39 Å². The molecular formula is C18H31FN2O2. The Morgan fingerprint density at radius 1 is 0.826 bits per heavy atom.